The van der Waals surface area contributed by atoms with Crippen molar-refractivity contribution in [2.24, 2.45) is 0 Å². The van der Waals surface area contributed by atoms with E-state index < -0.39 is 23.3 Å². The number of aliphatic hydroxyl groups is 1. The van der Waals surface area contributed by atoms with Crippen molar-refractivity contribution in [3.63, 3.8) is 0 Å². The van der Waals surface area contributed by atoms with Crippen molar-refractivity contribution in [3.8, 4) is 11.5 Å². The second-order valence-electron chi connectivity index (χ2n) is 6.21. The van der Waals surface area contributed by atoms with E-state index in [2.05, 4.69) is 10.1 Å². The first-order chi connectivity index (χ1) is 14.1. The summed E-state index contributed by atoms with van der Waals surface area (Å²) in [6.07, 6.45) is -1.91. The summed E-state index contributed by atoms with van der Waals surface area (Å²) in [7, 11) is 1.12. The van der Waals surface area contributed by atoms with Crippen molar-refractivity contribution in [1.82, 2.24) is 14.8 Å². The Morgan fingerprint density at radius 1 is 1.17 bits per heavy atom. The third-order valence-electron chi connectivity index (χ3n) is 4.18. The Balaban J connectivity index is 1.86. The number of hydrogen-bond donors (Lipinski definition) is 1. The minimum atomic E-state index is -4.45. The molecule has 0 bridgehead atoms. The topological polar surface area (TPSA) is 86.5 Å². The Hall–Kier alpha value is -3.11. The van der Waals surface area contributed by atoms with Gasteiger partial charge in [-0.2, -0.15) is 18.3 Å². The highest BCUT2D eigenvalue weighted by Crippen LogP contribution is 2.36. The molecule has 1 heterocycles. The lowest BCUT2D eigenvalue weighted by Gasteiger charge is -2.26. The van der Waals surface area contributed by atoms with Crippen LogP contribution in [0.25, 0.3) is 0 Å². The monoisotopic (exact) mass is 441 g/mol. The molecule has 30 heavy (non-hydrogen) atoms. The van der Waals surface area contributed by atoms with Gasteiger partial charge in [0.2, 0.25) is 5.60 Å². The fraction of sp³-hybridized carbons (Fsp3) is 0.211. The van der Waals surface area contributed by atoms with Crippen molar-refractivity contribution >= 4 is 17.6 Å². The third kappa shape index (κ3) is 4.55. The second-order valence-corrected chi connectivity index (χ2v) is 6.62. The highest BCUT2D eigenvalue weighted by atomic mass is 35.5. The van der Waals surface area contributed by atoms with Crippen LogP contribution in [0, 0.1) is 0 Å². The van der Waals surface area contributed by atoms with Crippen LogP contribution in [-0.2, 0) is 27.9 Å². The summed E-state index contributed by atoms with van der Waals surface area (Å²) in [5.41, 5.74) is -2.93. The number of benzene rings is 2. The summed E-state index contributed by atoms with van der Waals surface area (Å²) in [6.45, 7) is -0.307. The molecular weight excluding hydrogens is 427 g/mol. The van der Waals surface area contributed by atoms with Gasteiger partial charge in [0.15, 0.2) is 0 Å². The summed E-state index contributed by atoms with van der Waals surface area (Å²) >= 11 is 6.26. The Bertz CT molecular complexity index is 1030. The van der Waals surface area contributed by atoms with Gasteiger partial charge in [0.1, 0.15) is 24.2 Å². The Kier molecular flexibility index (Phi) is 5.99. The van der Waals surface area contributed by atoms with E-state index in [9.17, 15) is 23.1 Å². The Morgan fingerprint density at radius 2 is 1.83 bits per heavy atom. The molecule has 0 saturated carbocycles. The Labute approximate surface area is 173 Å². The maximum Gasteiger partial charge on any atom is 0.416 e. The largest absolute Gasteiger partial charge is 0.467 e. The zero-order chi connectivity index (χ0) is 21.9. The molecule has 0 spiro atoms. The minimum Gasteiger partial charge on any atom is -0.467 e. The molecule has 0 radical (unpaired) electrons. The molecule has 0 aliphatic rings. The first-order valence-electron chi connectivity index (χ1n) is 8.42. The number of hydrogen-bond acceptors (Lipinski definition) is 6. The van der Waals surface area contributed by atoms with Gasteiger partial charge < -0.3 is 14.6 Å². The normalized spacial score (nSPS) is 13.5. The van der Waals surface area contributed by atoms with Crippen LogP contribution in [0.2, 0.25) is 5.02 Å². The van der Waals surface area contributed by atoms with E-state index in [0.717, 1.165) is 19.2 Å². The fourth-order valence-electron chi connectivity index (χ4n) is 2.72. The zero-order valence-corrected chi connectivity index (χ0v) is 16.2. The van der Waals surface area contributed by atoms with Crippen LogP contribution >= 0.6 is 11.6 Å². The molecule has 3 rings (SSSR count). The maximum absolute atomic E-state index is 12.7. The van der Waals surface area contributed by atoms with Crippen LogP contribution in [0.15, 0.2) is 55.1 Å². The lowest BCUT2D eigenvalue weighted by Crippen LogP contribution is -2.41. The molecule has 1 aromatic heterocycles. The smallest absolute Gasteiger partial charge is 0.416 e. The van der Waals surface area contributed by atoms with E-state index >= 15 is 0 Å². The zero-order valence-electron chi connectivity index (χ0n) is 15.4. The molecule has 0 aliphatic heterocycles. The molecule has 1 unspecified atom stereocenters. The molecule has 158 valence electrons. The first-order valence-corrected chi connectivity index (χ1v) is 8.79. The van der Waals surface area contributed by atoms with Gasteiger partial charge in [-0.1, -0.05) is 17.7 Å². The number of carbonyl (C=O) groups excluding carboxylic acids is 1. The van der Waals surface area contributed by atoms with E-state index in [1.807, 2.05) is 0 Å². The van der Waals surface area contributed by atoms with Crippen LogP contribution in [-0.4, -0.2) is 33.0 Å². The number of esters is 1. The van der Waals surface area contributed by atoms with Crippen LogP contribution in [0.4, 0.5) is 13.2 Å². The third-order valence-corrected chi connectivity index (χ3v) is 4.50. The minimum absolute atomic E-state index is 0.0209. The molecule has 11 heteroatoms. The molecule has 1 atom stereocenters. The van der Waals surface area contributed by atoms with Crippen LogP contribution in [0.3, 0.4) is 0 Å². The van der Waals surface area contributed by atoms with Gasteiger partial charge in [-0.25, -0.2) is 14.5 Å². The fourth-order valence-corrected chi connectivity index (χ4v) is 3.05. The Morgan fingerprint density at radius 3 is 2.37 bits per heavy atom. The standard InChI is InChI=1S/C19H15ClF3N3O4/c1-29-17(27)18(28,9-26-11-24-10-25-26)15-7-6-14(8-16(15)20)30-13-4-2-12(3-5-13)19(21,22)23/h2-8,10-11,28H,9H2,1H3. The molecule has 7 nitrogen and oxygen atoms in total. The number of carbonyl (C=O) groups is 1. The van der Waals surface area contributed by atoms with E-state index in [-0.39, 0.29) is 28.6 Å². The molecule has 0 amide bonds. The number of halogens is 4. The molecule has 0 fully saturated rings. The SMILES string of the molecule is COC(=O)C(O)(Cn1cncn1)c1ccc(Oc2ccc(C(F)(F)F)cc2)cc1Cl. The van der Waals surface area contributed by atoms with E-state index in [0.29, 0.717) is 0 Å². The average molecular weight is 442 g/mol. The molecule has 0 saturated heterocycles. The van der Waals surface area contributed by atoms with E-state index in [1.165, 1.54) is 47.7 Å². The highest BCUT2D eigenvalue weighted by Gasteiger charge is 2.42. The van der Waals surface area contributed by atoms with Crippen molar-refractivity contribution < 1.29 is 32.5 Å². The number of ether oxygens (including phenoxy) is 2. The number of nitrogens with zero attached hydrogens (tertiary/aromatic N) is 3. The highest BCUT2D eigenvalue weighted by molar-refractivity contribution is 6.31. The van der Waals surface area contributed by atoms with Gasteiger partial charge in [0.05, 0.1) is 24.2 Å². The maximum atomic E-state index is 12.7. The molecular formula is C19H15ClF3N3O4. The van der Waals surface area contributed by atoms with E-state index in [4.69, 9.17) is 21.1 Å². The summed E-state index contributed by atoms with van der Waals surface area (Å²) in [5.74, 6) is -0.620. The number of aromatic nitrogens is 3. The van der Waals surface area contributed by atoms with Crippen LogP contribution in [0.5, 0.6) is 11.5 Å². The lowest BCUT2D eigenvalue weighted by molar-refractivity contribution is -0.165. The van der Waals surface area contributed by atoms with Gasteiger partial charge in [-0.3, -0.25) is 0 Å². The second kappa shape index (κ2) is 8.33. The van der Waals surface area contributed by atoms with Crippen molar-refractivity contribution in [2.45, 2.75) is 18.3 Å². The molecule has 3 aromatic rings. The number of alkyl halides is 3. The van der Waals surface area contributed by atoms with Gasteiger partial charge in [0.25, 0.3) is 0 Å². The predicted octanol–water partition coefficient (Wildman–Crippen LogP) is 3.80. The lowest BCUT2D eigenvalue weighted by atomic mass is 9.93. The quantitative estimate of drug-likeness (QED) is 0.585. The number of rotatable bonds is 6. The molecule has 1 N–H and O–H groups in total. The summed E-state index contributed by atoms with van der Waals surface area (Å²) in [5, 5.41) is 14.8. The van der Waals surface area contributed by atoms with Gasteiger partial charge in [-0.15, -0.1) is 0 Å². The van der Waals surface area contributed by atoms with E-state index in [1.54, 1.807) is 0 Å². The summed E-state index contributed by atoms with van der Waals surface area (Å²) in [4.78, 5) is 16.0. The van der Waals surface area contributed by atoms with Crippen molar-refractivity contribution in [3.05, 3.63) is 71.3 Å². The average Bonchev–Trinajstić information content (AvgIpc) is 3.19. The summed E-state index contributed by atoms with van der Waals surface area (Å²) < 4.78 is 49.4. The predicted molar refractivity (Wildman–Crippen MR) is 98.9 cm³/mol. The van der Waals surface area contributed by atoms with Gasteiger partial charge >= 0.3 is 12.1 Å². The number of methoxy groups -OCH3 is 1. The van der Waals surface area contributed by atoms with Crippen LogP contribution in [0.1, 0.15) is 11.1 Å². The van der Waals surface area contributed by atoms with Gasteiger partial charge in [0, 0.05) is 5.56 Å². The van der Waals surface area contributed by atoms with Crippen molar-refractivity contribution in [1.29, 1.82) is 0 Å². The van der Waals surface area contributed by atoms with Gasteiger partial charge in [-0.05, 0) is 36.4 Å². The summed E-state index contributed by atoms with van der Waals surface area (Å²) in [6, 6.07) is 8.20. The van der Waals surface area contributed by atoms with Crippen molar-refractivity contribution in [2.75, 3.05) is 7.11 Å². The van der Waals surface area contributed by atoms with Crippen LogP contribution < -0.4 is 4.74 Å². The molecule has 0 aliphatic carbocycles. The first kappa shape index (κ1) is 21.6. The molecule has 2 aromatic carbocycles.